The van der Waals surface area contributed by atoms with Crippen molar-refractivity contribution in [3.8, 4) is 11.5 Å². The van der Waals surface area contributed by atoms with Crippen molar-refractivity contribution >= 4 is 45.2 Å². The molecule has 1 amide bonds. The fourth-order valence-electron chi connectivity index (χ4n) is 3.00. The fourth-order valence-corrected chi connectivity index (χ4v) is 4.10. The van der Waals surface area contributed by atoms with Gasteiger partial charge < -0.3 is 14.8 Å². The molecule has 0 aliphatic carbocycles. The number of carbonyl (C=O) groups excluding carboxylic acids is 1. The first kappa shape index (κ1) is 22.0. The molecule has 4 rings (SSSR count). The van der Waals surface area contributed by atoms with Crippen molar-refractivity contribution in [2.45, 2.75) is 11.8 Å². The molecule has 0 unspecified atom stereocenters. The van der Waals surface area contributed by atoms with Crippen molar-refractivity contribution in [1.29, 1.82) is 0 Å². The van der Waals surface area contributed by atoms with Gasteiger partial charge in [0.2, 0.25) is 0 Å². The molecule has 4 aromatic carbocycles. The molecular weight excluding hydrogens is 484 g/mol. The zero-order valence-electron chi connectivity index (χ0n) is 17.3. The average molecular weight is 505 g/mol. The van der Waals surface area contributed by atoms with Crippen LogP contribution in [0.4, 0.5) is 11.4 Å². The van der Waals surface area contributed by atoms with Gasteiger partial charge in [-0.3, -0.25) is 4.79 Å². The van der Waals surface area contributed by atoms with Crippen LogP contribution in [-0.2, 0) is 0 Å². The molecule has 2 N–H and O–H groups in total. The van der Waals surface area contributed by atoms with Crippen LogP contribution in [0.15, 0.2) is 106 Å². The van der Waals surface area contributed by atoms with E-state index in [-0.39, 0.29) is 5.91 Å². The smallest absolute Gasteiger partial charge is 0.259 e. The van der Waals surface area contributed by atoms with Crippen LogP contribution in [0.25, 0.3) is 0 Å². The lowest BCUT2D eigenvalue weighted by Gasteiger charge is -2.15. The molecule has 0 aliphatic rings. The first-order chi connectivity index (χ1) is 15.6. The summed E-state index contributed by atoms with van der Waals surface area (Å²) in [5.41, 5.74) is 3.27. The highest BCUT2D eigenvalue weighted by molar-refractivity contribution is 9.10. The number of anilines is 2. The number of carbonyl (C=O) groups is 1. The van der Waals surface area contributed by atoms with Gasteiger partial charge in [0.15, 0.2) is 0 Å². The van der Waals surface area contributed by atoms with Crippen LogP contribution in [-0.4, -0.2) is 5.91 Å². The normalized spacial score (nSPS) is 10.4. The first-order valence-electron chi connectivity index (χ1n) is 10.0. The molecule has 0 saturated heterocycles. The minimum Gasteiger partial charge on any atom is -0.457 e. The van der Waals surface area contributed by atoms with E-state index in [0.29, 0.717) is 17.1 Å². The Kier molecular flexibility index (Phi) is 7.14. The molecule has 6 heteroatoms. The average Bonchev–Trinajstić information content (AvgIpc) is 2.81. The molecule has 0 atom stereocenters. The SMILES string of the molecule is Cc1ccc(NC(=O)c2ccccc2Oc2ccccc2)c(SNc2ccc(Br)cc2)c1. The molecule has 32 heavy (non-hydrogen) atoms. The summed E-state index contributed by atoms with van der Waals surface area (Å²) in [7, 11) is 0. The number of hydrogen-bond acceptors (Lipinski definition) is 4. The Bertz CT molecular complexity index is 1210. The van der Waals surface area contributed by atoms with Gasteiger partial charge in [-0.15, -0.1) is 0 Å². The topological polar surface area (TPSA) is 50.4 Å². The molecule has 0 bridgehead atoms. The van der Waals surface area contributed by atoms with E-state index in [1.54, 1.807) is 12.1 Å². The van der Waals surface area contributed by atoms with Crippen LogP contribution < -0.4 is 14.8 Å². The minimum absolute atomic E-state index is 0.231. The summed E-state index contributed by atoms with van der Waals surface area (Å²) in [6.07, 6.45) is 0. The van der Waals surface area contributed by atoms with E-state index in [2.05, 4.69) is 26.0 Å². The summed E-state index contributed by atoms with van der Waals surface area (Å²) >= 11 is 4.90. The van der Waals surface area contributed by atoms with Crippen molar-refractivity contribution in [1.82, 2.24) is 0 Å². The highest BCUT2D eigenvalue weighted by atomic mass is 79.9. The van der Waals surface area contributed by atoms with Crippen LogP contribution in [0.2, 0.25) is 0 Å². The van der Waals surface area contributed by atoms with Gasteiger partial charge >= 0.3 is 0 Å². The molecule has 0 fully saturated rings. The van der Waals surface area contributed by atoms with E-state index in [1.165, 1.54) is 11.9 Å². The summed E-state index contributed by atoms with van der Waals surface area (Å²) in [5, 5.41) is 3.04. The Balaban J connectivity index is 1.53. The quantitative estimate of drug-likeness (QED) is 0.251. The number of aryl methyl sites for hydroxylation is 1. The van der Waals surface area contributed by atoms with Crippen LogP contribution in [0.5, 0.6) is 11.5 Å². The number of benzene rings is 4. The van der Waals surface area contributed by atoms with Crippen LogP contribution in [0.1, 0.15) is 15.9 Å². The molecule has 0 radical (unpaired) electrons. The van der Waals surface area contributed by atoms with Crippen LogP contribution in [0, 0.1) is 6.92 Å². The fraction of sp³-hybridized carbons (Fsp3) is 0.0385. The summed E-state index contributed by atoms with van der Waals surface area (Å²) < 4.78 is 10.3. The molecule has 0 aliphatic heterocycles. The molecule has 4 nitrogen and oxygen atoms in total. The Morgan fingerprint density at radius 3 is 2.38 bits per heavy atom. The summed E-state index contributed by atoms with van der Waals surface area (Å²) in [6, 6.07) is 30.5. The number of halogens is 1. The van der Waals surface area contributed by atoms with Gasteiger partial charge in [-0.2, -0.15) is 0 Å². The van der Waals surface area contributed by atoms with Gasteiger partial charge in [0.05, 0.1) is 16.1 Å². The highest BCUT2D eigenvalue weighted by Crippen LogP contribution is 2.31. The summed E-state index contributed by atoms with van der Waals surface area (Å²) in [6.45, 7) is 2.03. The second-order valence-electron chi connectivity index (χ2n) is 7.08. The van der Waals surface area contributed by atoms with E-state index in [1.807, 2.05) is 91.9 Å². The van der Waals surface area contributed by atoms with Gasteiger partial charge in [0, 0.05) is 10.2 Å². The largest absolute Gasteiger partial charge is 0.457 e. The number of hydrogen-bond donors (Lipinski definition) is 2. The van der Waals surface area contributed by atoms with Gasteiger partial charge in [-0.1, -0.05) is 52.3 Å². The lowest BCUT2D eigenvalue weighted by molar-refractivity contribution is 0.102. The number of nitrogens with one attached hydrogen (secondary N) is 2. The third kappa shape index (κ3) is 5.72. The second kappa shape index (κ2) is 10.4. The zero-order valence-corrected chi connectivity index (χ0v) is 19.7. The molecule has 0 aromatic heterocycles. The lowest BCUT2D eigenvalue weighted by atomic mass is 10.1. The maximum atomic E-state index is 13.1. The molecule has 0 spiro atoms. The van der Waals surface area contributed by atoms with E-state index >= 15 is 0 Å². The van der Waals surface area contributed by atoms with Crippen LogP contribution in [0.3, 0.4) is 0 Å². The third-order valence-electron chi connectivity index (χ3n) is 4.61. The summed E-state index contributed by atoms with van der Waals surface area (Å²) in [5.74, 6) is 0.953. The number of ether oxygens (including phenoxy) is 1. The van der Waals surface area contributed by atoms with Gasteiger partial charge in [0.25, 0.3) is 5.91 Å². The van der Waals surface area contributed by atoms with E-state index in [4.69, 9.17) is 4.74 Å². The molecule has 160 valence electrons. The Morgan fingerprint density at radius 2 is 1.59 bits per heavy atom. The predicted molar refractivity (Wildman–Crippen MR) is 136 cm³/mol. The van der Waals surface area contributed by atoms with Crippen molar-refractivity contribution in [3.63, 3.8) is 0 Å². The lowest BCUT2D eigenvalue weighted by Crippen LogP contribution is -2.14. The monoisotopic (exact) mass is 504 g/mol. The van der Waals surface area contributed by atoms with E-state index in [0.717, 1.165) is 26.3 Å². The maximum absolute atomic E-state index is 13.1. The second-order valence-corrected chi connectivity index (χ2v) is 8.84. The molecule has 0 saturated carbocycles. The van der Waals surface area contributed by atoms with Crippen molar-refractivity contribution in [3.05, 3.63) is 113 Å². The Hall–Kier alpha value is -3.22. The van der Waals surface area contributed by atoms with E-state index < -0.39 is 0 Å². The summed E-state index contributed by atoms with van der Waals surface area (Å²) in [4.78, 5) is 14.1. The predicted octanol–water partition coefficient (Wildman–Crippen LogP) is 7.92. The van der Waals surface area contributed by atoms with Crippen molar-refractivity contribution in [2.75, 3.05) is 10.0 Å². The molecular formula is C26H21BrN2O2S. The third-order valence-corrected chi connectivity index (χ3v) is 6.04. The number of para-hydroxylation sites is 2. The molecule has 0 heterocycles. The number of amides is 1. The number of rotatable bonds is 7. The van der Waals surface area contributed by atoms with Gasteiger partial charge in [-0.05, 0) is 85.1 Å². The first-order valence-corrected chi connectivity index (χ1v) is 11.6. The van der Waals surface area contributed by atoms with Crippen molar-refractivity contribution < 1.29 is 9.53 Å². The minimum atomic E-state index is -0.231. The highest BCUT2D eigenvalue weighted by Gasteiger charge is 2.15. The van der Waals surface area contributed by atoms with Gasteiger partial charge in [-0.25, -0.2) is 0 Å². The maximum Gasteiger partial charge on any atom is 0.259 e. The Morgan fingerprint density at radius 1 is 0.875 bits per heavy atom. The van der Waals surface area contributed by atoms with Crippen LogP contribution >= 0.6 is 27.9 Å². The Labute approximate surface area is 200 Å². The zero-order chi connectivity index (χ0) is 22.3. The van der Waals surface area contributed by atoms with Gasteiger partial charge in [0.1, 0.15) is 11.5 Å². The molecule has 4 aromatic rings. The van der Waals surface area contributed by atoms with Crippen molar-refractivity contribution in [2.24, 2.45) is 0 Å². The van der Waals surface area contributed by atoms with E-state index in [9.17, 15) is 4.79 Å². The standard InChI is InChI=1S/C26H21BrN2O2S/c1-18-11-16-23(25(17-18)32-29-20-14-12-19(27)13-15-20)28-26(30)22-9-5-6-10-24(22)31-21-7-3-2-4-8-21/h2-17,29H,1H3,(H,28,30).